The fraction of sp³-hybridized carbons (Fsp3) is 0.885. The summed E-state index contributed by atoms with van der Waals surface area (Å²) in [5.74, 6) is 0. The summed E-state index contributed by atoms with van der Waals surface area (Å²) in [5, 5.41) is 0.568. The van der Waals surface area contributed by atoms with Gasteiger partial charge in [-0.2, -0.15) is 0 Å². The van der Waals surface area contributed by atoms with Crippen LogP contribution < -0.4 is 0 Å². The van der Waals surface area contributed by atoms with Crippen LogP contribution in [0.15, 0.2) is 11.6 Å². The summed E-state index contributed by atoms with van der Waals surface area (Å²) in [4.78, 5) is 11.3. The molecule has 0 aromatic carbocycles. The first-order valence-electron chi connectivity index (χ1n) is 12.6. The SMILES string of the molecule is CC(C)(C)[Si](C)(C)OCCCCCC/C=C(/C=O)CCCCCO[Si](C)(C)C(C)(C)C. The van der Waals surface area contributed by atoms with Crippen LogP contribution in [0.4, 0.5) is 0 Å². The molecule has 0 aliphatic rings. The molecule has 184 valence electrons. The molecule has 0 saturated carbocycles. The molecule has 31 heavy (non-hydrogen) atoms. The molecular formula is C26H54O3Si2. The maximum Gasteiger partial charge on any atom is 0.191 e. The first-order valence-corrected chi connectivity index (χ1v) is 18.4. The first-order chi connectivity index (χ1) is 14.1. The van der Waals surface area contributed by atoms with Crippen molar-refractivity contribution in [3.63, 3.8) is 0 Å². The van der Waals surface area contributed by atoms with Crippen LogP contribution in [0.2, 0.25) is 36.3 Å². The lowest BCUT2D eigenvalue weighted by atomic mass is 10.1. The van der Waals surface area contributed by atoms with Gasteiger partial charge in [0, 0.05) is 13.2 Å². The predicted octanol–water partition coefficient (Wildman–Crippen LogP) is 8.67. The van der Waals surface area contributed by atoms with Gasteiger partial charge in [-0.15, -0.1) is 0 Å². The molecule has 3 nitrogen and oxygen atoms in total. The maximum absolute atomic E-state index is 11.3. The van der Waals surface area contributed by atoms with Gasteiger partial charge in [0.15, 0.2) is 16.6 Å². The second kappa shape index (κ2) is 14.1. The Morgan fingerprint density at radius 2 is 1.10 bits per heavy atom. The molecule has 0 saturated heterocycles. The Morgan fingerprint density at radius 3 is 1.52 bits per heavy atom. The van der Waals surface area contributed by atoms with Crippen LogP contribution in [0.3, 0.4) is 0 Å². The van der Waals surface area contributed by atoms with Gasteiger partial charge in [0.05, 0.1) is 0 Å². The van der Waals surface area contributed by atoms with Crippen molar-refractivity contribution in [1.29, 1.82) is 0 Å². The summed E-state index contributed by atoms with van der Waals surface area (Å²) in [7, 11) is -3.21. The third-order valence-electron chi connectivity index (χ3n) is 7.30. The highest BCUT2D eigenvalue weighted by Gasteiger charge is 2.37. The van der Waals surface area contributed by atoms with E-state index in [0.29, 0.717) is 5.04 Å². The highest BCUT2D eigenvalue weighted by atomic mass is 28.4. The van der Waals surface area contributed by atoms with Gasteiger partial charge >= 0.3 is 0 Å². The molecule has 5 heteroatoms. The van der Waals surface area contributed by atoms with Crippen LogP contribution in [0, 0.1) is 0 Å². The van der Waals surface area contributed by atoms with Gasteiger partial charge in [0.1, 0.15) is 6.29 Å². The molecule has 0 atom stereocenters. The zero-order valence-corrected chi connectivity index (χ0v) is 24.7. The third kappa shape index (κ3) is 13.2. The molecule has 0 aromatic rings. The van der Waals surface area contributed by atoms with E-state index in [1.165, 1.54) is 12.8 Å². The number of unbranched alkanes of at least 4 members (excludes halogenated alkanes) is 6. The summed E-state index contributed by atoms with van der Waals surface area (Å²) in [6.45, 7) is 24.7. The van der Waals surface area contributed by atoms with Gasteiger partial charge < -0.3 is 8.85 Å². The number of allylic oxidation sites excluding steroid dienone is 2. The average molecular weight is 471 g/mol. The maximum atomic E-state index is 11.3. The Morgan fingerprint density at radius 1 is 0.677 bits per heavy atom. The van der Waals surface area contributed by atoms with Crippen molar-refractivity contribution in [2.24, 2.45) is 0 Å². The summed E-state index contributed by atoms with van der Waals surface area (Å²) in [6, 6.07) is 0. The van der Waals surface area contributed by atoms with Crippen LogP contribution in [-0.2, 0) is 13.6 Å². The second-order valence-electron chi connectivity index (χ2n) is 12.1. The van der Waals surface area contributed by atoms with Crippen LogP contribution >= 0.6 is 0 Å². The molecule has 0 unspecified atom stereocenters. The van der Waals surface area contributed by atoms with Crippen molar-refractivity contribution in [2.45, 2.75) is 136 Å². The van der Waals surface area contributed by atoms with E-state index in [0.717, 1.165) is 70.0 Å². The second-order valence-corrected chi connectivity index (χ2v) is 21.7. The molecule has 0 aliphatic heterocycles. The van der Waals surface area contributed by atoms with Crippen molar-refractivity contribution in [1.82, 2.24) is 0 Å². The number of rotatable bonds is 16. The number of hydrogen-bond acceptors (Lipinski definition) is 3. The van der Waals surface area contributed by atoms with E-state index in [4.69, 9.17) is 8.85 Å². The Kier molecular flexibility index (Phi) is 14.0. The topological polar surface area (TPSA) is 35.5 Å². The quantitative estimate of drug-likeness (QED) is 0.0979. The molecule has 0 heterocycles. The molecule has 0 aliphatic carbocycles. The van der Waals surface area contributed by atoms with E-state index in [1.807, 2.05) is 0 Å². The molecule has 0 N–H and O–H groups in total. The van der Waals surface area contributed by atoms with Gasteiger partial charge in [-0.25, -0.2) is 0 Å². The van der Waals surface area contributed by atoms with Gasteiger partial charge in [-0.1, -0.05) is 66.9 Å². The summed E-state index contributed by atoms with van der Waals surface area (Å²) >= 11 is 0. The zero-order valence-electron chi connectivity index (χ0n) is 22.7. The van der Waals surface area contributed by atoms with E-state index in [1.54, 1.807) is 0 Å². The van der Waals surface area contributed by atoms with Gasteiger partial charge in [0.25, 0.3) is 0 Å². The largest absolute Gasteiger partial charge is 0.417 e. The zero-order chi connectivity index (χ0) is 24.2. The van der Waals surface area contributed by atoms with E-state index in [-0.39, 0.29) is 5.04 Å². The molecule has 0 amide bonds. The lowest BCUT2D eigenvalue weighted by Crippen LogP contribution is -2.40. The van der Waals surface area contributed by atoms with Crippen molar-refractivity contribution in [2.75, 3.05) is 13.2 Å². The Labute approximate surface area is 197 Å². The normalized spacial score (nSPS) is 14.2. The monoisotopic (exact) mass is 470 g/mol. The number of carbonyl (C=O) groups excluding carboxylic acids is 1. The van der Waals surface area contributed by atoms with Gasteiger partial charge in [-0.05, 0) is 80.4 Å². The van der Waals surface area contributed by atoms with E-state index >= 15 is 0 Å². The van der Waals surface area contributed by atoms with Crippen molar-refractivity contribution >= 4 is 22.9 Å². The minimum absolute atomic E-state index is 0.276. The van der Waals surface area contributed by atoms with E-state index in [2.05, 4.69) is 73.8 Å². The highest BCUT2D eigenvalue weighted by molar-refractivity contribution is 6.74. The highest BCUT2D eigenvalue weighted by Crippen LogP contribution is 2.37. The first kappa shape index (κ1) is 30.8. The van der Waals surface area contributed by atoms with Crippen LogP contribution in [-0.4, -0.2) is 36.1 Å². The van der Waals surface area contributed by atoms with E-state index in [9.17, 15) is 4.79 Å². The van der Waals surface area contributed by atoms with Crippen molar-refractivity contribution in [3.8, 4) is 0 Å². The predicted molar refractivity (Wildman–Crippen MR) is 142 cm³/mol. The molecule has 0 fully saturated rings. The average Bonchev–Trinajstić information content (AvgIpc) is 2.62. The van der Waals surface area contributed by atoms with Gasteiger partial charge in [0.2, 0.25) is 0 Å². The van der Waals surface area contributed by atoms with Crippen molar-refractivity contribution in [3.05, 3.63) is 11.6 Å². The molecule has 0 bridgehead atoms. The Bertz CT molecular complexity index is 526. The molecule has 0 radical (unpaired) electrons. The van der Waals surface area contributed by atoms with Crippen LogP contribution in [0.5, 0.6) is 0 Å². The minimum Gasteiger partial charge on any atom is -0.417 e. The number of carbonyl (C=O) groups is 1. The lowest BCUT2D eigenvalue weighted by Gasteiger charge is -2.36. The molecule has 0 spiro atoms. The smallest absolute Gasteiger partial charge is 0.191 e. The Balaban J connectivity index is 3.86. The van der Waals surface area contributed by atoms with Crippen LogP contribution in [0.25, 0.3) is 0 Å². The number of hydrogen-bond donors (Lipinski definition) is 0. The number of aldehydes is 1. The minimum atomic E-state index is -1.62. The lowest BCUT2D eigenvalue weighted by molar-refractivity contribution is -0.105. The summed E-state index contributed by atoms with van der Waals surface area (Å²) in [6.07, 6.45) is 13.2. The summed E-state index contributed by atoms with van der Waals surface area (Å²) < 4.78 is 12.5. The molecule has 0 rings (SSSR count). The van der Waals surface area contributed by atoms with Gasteiger partial charge in [-0.3, -0.25) is 4.79 Å². The summed E-state index contributed by atoms with van der Waals surface area (Å²) in [5.41, 5.74) is 0.978. The van der Waals surface area contributed by atoms with Crippen LogP contribution in [0.1, 0.15) is 99.3 Å². The molecule has 0 aromatic heterocycles. The third-order valence-corrected chi connectivity index (χ3v) is 16.4. The molecular weight excluding hydrogens is 416 g/mol. The fourth-order valence-corrected chi connectivity index (χ4v) is 4.97. The van der Waals surface area contributed by atoms with Crippen molar-refractivity contribution < 1.29 is 13.6 Å². The Hall–Kier alpha value is -0.236. The standard InChI is InChI=1S/C26H54O3Si2/c1-25(2,3)30(7,8)28-21-17-13-11-12-15-19-24(23-27)20-16-14-18-22-29-31(9,10)26(4,5)6/h19,23H,11-18,20-22H2,1-10H3/b24-19+. The van der Waals surface area contributed by atoms with E-state index < -0.39 is 16.6 Å². The fourth-order valence-electron chi connectivity index (χ4n) is 2.79.